The Morgan fingerprint density at radius 3 is 2.32 bits per heavy atom. The monoisotopic (exact) mass is 279 g/mol. The number of benzene rings is 1. The Morgan fingerprint density at radius 1 is 1.05 bits per heavy atom. The molecule has 3 rings (SSSR count). The lowest BCUT2D eigenvalue weighted by atomic mass is 9.74. The van der Waals surface area contributed by atoms with Crippen molar-refractivity contribution in [3.05, 3.63) is 35.9 Å². The van der Waals surface area contributed by atoms with Crippen LogP contribution in [0.5, 0.6) is 0 Å². The molecule has 1 aliphatic heterocycles. The summed E-state index contributed by atoms with van der Waals surface area (Å²) in [7, 11) is -2.82. The van der Waals surface area contributed by atoms with Crippen molar-refractivity contribution in [2.45, 2.75) is 37.8 Å². The molecule has 3 nitrogen and oxygen atoms in total. The zero-order valence-corrected chi connectivity index (χ0v) is 12.1. The average molecular weight is 279 g/mol. The summed E-state index contributed by atoms with van der Waals surface area (Å²) in [6.45, 7) is 2.04. The third-order valence-corrected chi connectivity index (χ3v) is 6.47. The van der Waals surface area contributed by atoms with Gasteiger partial charge in [0.1, 0.15) is 0 Å². The molecular weight excluding hydrogens is 258 g/mol. The smallest absolute Gasteiger partial charge is 0.152 e. The molecule has 19 heavy (non-hydrogen) atoms. The standard InChI is InChI=1S/C15H21NO2S/c1-11-9-19(17,18)10-15(11)16-14-8-7-13(14)12-5-3-2-4-6-12/h2-6,11,13-16H,7-10H2,1H3/t11-,13?,14?,15+/m1/s1. The molecule has 1 aromatic carbocycles. The van der Waals surface area contributed by atoms with Crippen molar-refractivity contribution in [2.24, 2.45) is 5.92 Å². The quantitative estimate of drug-likeness (QED) is 0.920. The van der Waals surface area contributed by atoms with Gasteiger partial charge in [-0.3, -0.25) is 0 Å². The lowest BCUT2D eigenvalue weighted by Crippen LogP contribution is -2.49. The molecule has 0 bridgehead atoms. The van der Waals surface area contributed by atoms with E-state index in [2.05, 4.69) is 29.6 Å². The lowest BCUT2D eigenvalue weighted by Gasteiger charge is -2.40. The molecule has 1 saturated carbocycles. The summed E-state index contributed by atoms with van der Waals surface area (Å²) in [5.41, 5.74) is 1.37. The highest BCUT2D eigenvalue weighted by Crippen LogP contribution is 2.37. The Kier molecular flexibility index (Phi) is 3.39. The van der Waals surface area contributed by atoms with Gasteiger partial charge in [-0.1, -0.05) is 37.3 Å². The molecule has 2 aliphatic rings. The summed E-state index contributed by atoms with van der Waals surface area (Å²) in [6.07, 6.45) is 2.36. The first-order valence-electron chi connectivity index (χ1n) is 7.06. The summed E-state index contributed by atoms with van der Waals surface area (Å²) in [6, 6.07) is 11.1. The molecule has 0 radical (unpaired) electrons. The van der Waals surface area contributed by atoms with Crippen molar-refractivity contribution in [1.29, 1.82) is 0 Å². The van der Waals surface area contributed by atoms with Crippen molar-refractivity contribution in [1.82, 2.24) is 5.32 Å². The Balaban J connectivity index is 1.65. The van der Waals surface area contributed by atoms with Crippen LogP contribution in [0, 0.1) is 5.92 Å². The average Bonchev–Trinajstić information content (AvgIpc) is 2.59. The van der Waals surface area contributed by atoms with Gasteiger partial charge in [-0.05, 0) is 30.2 Å². The predicted octanol–water partition coefficient (Wildman–Crippen LogP) is 1.96. The Labute approximate surface area is 115 Å². The van der Waals surface area contributed by atoms with E-state index < -0.39 is 9.84 Å². The third kappa shape index (κ3) is 2.70. The van der Waals surface area contributed by atoms with Crippen LogP contribution in [-0.2, 0) is 9.84 Å². The normalized spacial score (nSPS) is 36.9. The van der Waals surface area contributed by atoms with Gasteiger partial charge in [0.2, 0.25) is 0 Å². The summed E-state index contributed by atoms with van der Waals surface area (Å²) in [5.74, 6) is 1.44. The topological polar surface area (TPSA) is 46.2 Å². The molecule has 1 aromatic rings. The van der Waals surface area contributed by atoms with E-state index in [4.69, 9.17) is 0 Å². The lowest BCUT2D eigenvalue weighted by molar-refractivity contribution is 0.248. The molecule has 1 N–H and O–H groups in total. The van der Waals surface area contributed by atoms with E-state index in [0.29, 0.717) is 23.5 Å². The zero-order valence-electron chi connectivity index (χ0n) is 11.2. The van der Waals surface area contributed by atoms with Crippen molar-refractivity contribution in [3.63, 3.8) is 0 Å². The molecule has 1 heterocycles. The van der Waals surface area contributed by atoms with Crippen molar-refractivity contribution in [3.8, 4) is 0 Å². The van der Waals surface area contributed by atoms with Gasteiger partial charge in [-0.2, -0.15) is 0 Å². The zero-order chi connectivity index (χ0) is 13.5. The van der Waals surface area contributed by atoms with E-state index in [1.807, 2.05) is 13.0 Å². The van der Waals surface area contributed by atoms with Crippen LogP contribution in [0.2, 0.25) is 0 Å². The van der Waals surface area contributed by atoms with Crippen LogP contribution in [0.15, 0.2) is 30.3 Å². The van der Waals surface area contributed by atoms with Gasteiger partial charge in [0.15, 0.2) is 9.84 Å². The maximum atomic E-state index is 11.7. The molecule has 0 amide bonds. The van der Waals surface area contributed by atoms with Gasteiger partial charge < -0.3 is 5.32 Å². The predicted molar refractivity (Wildman–Crippen MR) is 76.9 cm³/mol. The fraction of sp³-hybridized carbons (Fsp3) is 0.600. The largest absolute Gasteiger partial charge is 0.309 e. The maximum absolute atomic E-state index is 11.7. The highest BCUT2D eigenvalue weighted by atomic mass is 32.2. The number of rotatable bonds is 3. The number of nitrogens with one attached hydrogen (secondary N) is 1. The van der Waals surface area contributed by atoms with Gasteiger partial charge in [0, 0.05) is 12.1 Å². The molecule has 1 aliphatic carbocycles. The van der Waals surface area contributed by atoms with E-state index in [0.717, 1.165) is 6.42 Å². The molecule has 4 heteroatoms. The summed E-state index contributed by atoms with van der Waals surface area (Å²) in [4.78, 5) is 0. The van der Waals surface area contributed by atoms with E-state index in [1.165, 1.54) is 12.0 Å². The minimum atomic E-state index is -2.82. The van der Waals surface area contributed by atoms with Crippen LogP contribution in [0.3, 0.4) is 0 Å². The second-order valence-corrected chi connectivity index (χ2v) is 8.18. The third-order valence-electron chi connectivity index (χ3n) is 4.57. The molecular formula is C15H21NO2S. The van der Waals surface area contributed by atoms with Crippen LogP contribution < -0.4 is 5.32 Å². The molecule has 2 fully saturated rings. The second kappa shape index (κ2) is 4.91. The first-order valence-corrected chi connectivity index (χ1v) is 8.89. The Bertz CT molecular complexity index is 541. The first-order chi connectivity index (χ1) is 9.05. The van der Waals surface area contributed by atoms with E-state index in [9.17, 15) is 8.42 Å². The molecule has 0 spiro atoms. The minimum Gasteiger partial charge on any atom is -0.309 e. The Morgan fingerprint density at radius 2 is 1.79 bits per heavy atom. The summed E-state index contributed by atoms with van der Waals surface area (Å²) in [5, 5.41) is 3.59. The Hall–Kier alpha value is -0.870. The number of hydrogen-bond donors (Lipinski definition) is 1. The fourth-order valence-electron chi connectivity index (χ4n) is 3.31. The van der Waals surface area contributed by atoms with Crippen LogP contribution in [-0.4, -0.2) is 32.0 Å². The van der Waals surface area contributed by atoms with Gasteiger partial charge >= 0.3 is 0 Å². The van der Waals surface area contributed by atoms with Crippen molar-refractivity contribution < 1.29 is 8.42 Å². The fourth-order valence-corrected chi connectivity index (χ4v) is 5.45. The van der Waals surface area contributed by atoms with Crippen molar-refractivity contribution >= 4 is 9.84 Å². The van der Waals surface area contributed by atoms with E-state index in [1.54, 1.807) is 0 Å². The number of sulfone groups is 1. The van der Waals surface area contributed by atoms with Gasteiger partial charge in [-0.25, -0.2) is 8.42 Å². The first kappa shape index (κ1) is 13.1. The highest BCUT2D eigenvalue weighted by molar-refractivity contribution is 7.91. The minimum absolute atomic E-state index is 0.140. The van der Waals surface area contributed by atoms with Gasteiger partial charge in [0.05, 0.1) is 11.5 Å². The summed E-state index contributed by atoms with van der Waals surface area (Å²) < 4.78 is 23.3. The molecule has 104 valence electrons. The van der Waals surface area contributed by atoms with Crippen LogP contribution in [0.1, 0.15) is 31.2 Å². The van der Waals surface area contributed by atoms with Gasteiger partial charge in [0.25, 0.3) is 0 Å². The maximum Gasteiger partial charge on any atom is 0.152 e. The van der Waals surface area contributed by atoms with Crippen LogP contribution >= 0.6 is 0 Å². The van der Waals surface area contributed by atoms with E-state index >= 15 is 0 Å². The number of hydrogen-bond acceptors (Lipinski definition) is 3. The van der Waals surface area contributed by atoms with Crippen LogP contribution in [0.25, 0.3) is 0 Å². The highest BCUT2D eigenvalue weighted by Gasteiger charge is 2.39. The van der Waals surface area contributed by atoms with Crippen LogP contribution in [0.4, 0.5) is 0 Å². The van der Waals surface area contributed by atoms with Crippen molar-refractivity contribution in [2.75, 3.05) is 11.5 Å². The molecule has 2 unspecified atom stereocenters. The molecule has 4 atom stereocenters. The van der Waals surface area contributed by atoms with E-state index in [-0.39, 0.29) is 12.0 Å². The summed E-state index contributed by atoms with van der Waals surface area (Å²) >= 11 is 0. The second-order valence-electron chi connectivity index (χ2n) is 6.03. The van der Waals surface area contributed by atoms with Gasteiger partial charge in [-0.15, -0.1) is 0 Å². The molecule has 1 saturated heterocycles. The molecule has 0 aromatic heterocycles. The SMILES string of the molecule is C[C@@H]1CS(=O)(=O)C[C@@H]1NC1CCC1c1ccccc1.